The second-order valence-electron chi connectivity index (χ2n) is 9.02. The van der Waals surface area contributed by atoms with Gasteiger partial charge in [0, 0.05) is 50.2 Å². The predicted molar refractivity (Wildman–Crippen MR) is 143 cm³/mol. The summed E-state index contributed by atoms with van der Waals surface area (Å²) in [5.41, 5.74) is 6.92. The summed E-state index contributed by atoms with van der Waals surface area (Å²) in [7, 11) is 2.00. The summed E-state index contributed by atoms with van der Waals surface area (Å²) < 4.78 is 56.1. The Morgan fingerprint density at radius 2 is 1.76 bits per heavy atom. The van der Waals surface area contributed by atoms with Gasteiger partial charge in [0.1, 0.15) is 11.6 Å². The van der Waals surface area contributed by atoms with Gasteiger partial charge in [0.15, 0.2) is 0 Å². The zero-order valence-electron chi connectivity index (χ0n) is 20.3. The van der Waals surface area contributed by atoms with Crippen LogP contribution in [0.25, 0.3) is 11.1 Å². The van der Waals surface area contributed by atoms with E-state index in [1.807, 2.05) is 11.9 Å². The third kappa shape index (κ3) is 7.15. The van der Waals surface area contributed by atoms with Crippen molar-refractivity contribution in [2.75, 3.05) is 56.1 Å². The zero-order chi connectivity index (χ0) is 26.6. The molecule has 0 spiro atoms. The third-order valence-electron chi connectivity index (χ3n) is 6.22. The highest BCUT2D eigenvalue weighted by molar-refractivity contribution is 7.80. The molecule has 4 rings (SSSR count). The molecule has 0 aliphatic carbocycles. The molecule has 11 heteroatoms. The molecule has 1 fully saturated rings. The number of halogens is 4. The quantitative estimate of drug-likeness (QED) is 0.289. The molecule has 1 saturated heterocycles. The Morgan fingerprint density at radius 1 is 1.03 bits per heavy atom. The number of nitrogen functional groups attached to an aromatic ring is 1. The lowest BCUT2D eigenvalue weighted by atomic mass is 10.0. The lowest BCUT2D eigenvalue weighted by Crippen LogP contribution is -2.44. The smallest absolute Gasteiger partial charge is 0.384 e. The van der Waals surface area contributed by atoms with Crippen molar-refractivity contribution in [1.82, 2.24) is 14.8 Å². The Labute approximate surface area is 218 Å². The Hall–Kier alpha value is -3.28. The van der Waals surface area contributed by atoms with Crippen LogP contribution in [0.3, 0.4) is 0 Å². The maximum Gasteiger partial charge on any atom is 0.416 e. The van der Waals surface area contributed by atoms with Gasteiger partial charge in [-0.15, -0.1) is 0 Å². The maximum absolute atomic E-state index is 14.6. The monoisotopic (exact) mass is 532 g/mol. The minimum Gasteiger partial charge on any atom is -0.384 e. The predicted octanol–water partition coefficient (Wildman–Crippen LogP) is 5.09. The number of anilines is 3. The van der Waals surface area contributed by atoms with E-state index in [1.165, 1.54) is 12.1 Å². The number of likely N-dealkylation sites (N-methyl/N-ethyl adjacent to an activating group) is 1. The van der Waals surface area contributed by atoms with Crippen molar-refractivity contribution in [3.8, 4) is 11.1 Å². The van der Waals surface area contributed by atoms with E-state index in [9.17, 15) is 17.6 Å². The van der Waals surface area contributed by atoms with Crippen molar-refractivity contribution in [3.05, 3.63) is 71.7 Å². The van der Waals surface area contributed by atoms with Crippen LogP contribution >= 0.6 is 12.2 Å². The van der Waals surface area contributed by atoms with E-state index in [0.29, 0.717) is 16.9 Å². The summed E-state index contributed by atoms with van der Waals surface area (Å²) in [5.74, 6) is -0.125. The van der Waals surface area contributed by atoms with Crippen LogP contribution in [0.2, 0.25) is 0 Å². The number of nitrogens with two attached hydrogens (primary N) is 1. The van der Waals surface area contributed by atoms with Crippen molar-refractivity contribution in [2.45, 2.75) is 12.7 Å². The molecule has 3 aromatic rings. The molecule has 0 saturated carbocycles. The summed E-state index contributed by atoms with van der Waals surface area (Å²) >= 11 is 5.29. The van der Waals surface area contributed by atoms with Crippen LogP contribution in [0.1, 0.15) is 11.1 Å². The van der Waals surface area contributed by atoms with Gasteiger partial charge in [0.2, 0.25) is 0 Å². The number of nitrogens with zero attached hydrogens (tertiary/aromatic N) is 3. The fourth-order valence-corrected chi connectivity index (χ4v) is 4.29. The first-order valence-corrected chi connectivity index (χ1v) is 12.2. The molecule has 4 N–H and O–H groups in total. The minimum absolute atomic E-state index is 0.0411. The van der Waals surface area contributed by atoms with Crippen LogP contribution in [0, 0.1) is 5.82 Å². The number of nitrogens with one attached hydrogen (secondary N) is 2. The van der Waals surface area contributed by atoms with Gasteiger partial charge in [-0.1, -0.05) is 24.4 Å². The van der Waals surface area contributed by atoms with Crippen molar-refractivity contribution in [1.29, 1.82) is 0 Å². The fraction of sp³-hybridized carbons (Fsp3) is 0.308. The number of alkyl halides is 3. The number of benzene rings is 2. The molecule has 2 heterocycles. The minimum atomic E-state index is -4.50. The highest BCUT2D eigenvalue weighted by atomic mass is 32.1. The summed E-state index contributed by atoms with van der Waals surface area (Å²) in [6.45, 7) is 3.36. The van der Waals surface area contributed by atoms with Gasteiger partial charge < -0.3 is 21.3 Å². The summed E-state index contributed by atoms with van der Waals surface area (Å²) in [6, 6.07) is 12.2. The molecule has 0 amide bonds. The first-order chi connectivity index (χ1) is 17.6. The standard InChI is InChI=1S/C26H28F4N6S/c1-35-8-10-36(11-9-35)16-19-2-5-20(13-21(19)26(28,29)30)34-25(37)15-32-23-6-3-17(12-22(23)27)18-4-7-24(31)33-14-18/h2-7,12-14,32H,8-11,15-16H2,1H3,(H2,31,33)(H,34,37). The zero-order valence-corrected chi connectivity index (χ0v) is 21.1. The van der Waals surface area contributed by atoms with E-state index in [1.54, 1.807) is 36.5 Å². The van der Waals surface area contributed by atoms with Gasteiger partial charge in [-0.2, -0.15) is 13.2 Å². The SMILES string of the molecule is CN1CCN(Cc2ccc(NC(=S)CNc3ccc(-c4ccc(N)nc4)cc3F)cc2C(F)(F)F)CC1. The van der Waals surface area contributed by atoms with Crippen molar-refractivity contribution < 1.29 is 17.6 Å². The normalized spacial score (nSPS) is 14.9. The first kappa shape index (κ1) is 26.8. The van der Waals surface area contributed by atoms with Gasteiger partial charge >= 0.3 is 6.18 Å². The third-order valence-corrected chi connectivity index (χ3v) is 6.46. The molecular weight excluding hydrogens is 504 g/mol. The topological polar surface area (TPSA) is 69.5 Å². The van der Waals surface area contributed by atoms with E-state index >= 15 is 0 Å². The Kier molecular flexibility index (Phi) is 8.25. The van der Waals surface area contributed by atoms with Crippen LogP contribution in [0.4, 0.5) is 34.8 Å². The second kappa shape index (κ2) is 11.4. The van der Waals surface area contributed by atoms with Gasteiger partial charge in [-0.25, -0.2) is 9.37 Å². The number of piperazine rings is 1. The molecule has 1 aliphatic rings. The fourth-order valence-electron chi connectivity index (χ4n) is 4.10. The van der Waals surface area contributed by atoms with Crippen LogP contribution in [-0.4, -0.2) is 59.5 Å². The van der Waals surface area contributed by atoms with Gasteiger partial charge in [0.25, 0.3) is 0 Å². The Bertz CT molecular complexity index is 1240. The molecule has 2 aromatic carbocycles. The number of aromatic nitrogens is 1. The van der Waals surface area contributed by atoms with E-state index in [0.717, 1.165) is 32.2 Å². The van der Waals surface area contributed by atoms with Crippen LogP contribution in [0.5, 0.6) is 0 Å². The van der Waals surface area contributed by atoms with Crippen LogP contribution < -0.4 is 16.4 Å². The second-order valence-corrected chi connectivity index (χ2v) is 9.51. The van der Waals surface area contributed by atoms with Crippen molar-refractivity contribution >= 4 is 34.4 Å². The Balaban J connectivity index is 1.38. The molecule has 196 valence electrons. The van der Waals surface area contributed by atoms with E-state index < -0.39 is 17.6 Å². The van der Waals surface area contributed by atoms with E-state index in [2.05, 4.69) is 20.5 Å². The molecule has 1 aromatic heterocycles. The highest BCUT2D eigenvalue weighted by Gasteiger charge is 2.34. The summed E-state index contributed by atoms with van der Waals surface area (Å²) in [6.07, 6.45) is -2.94. The first-order valence-electron chi connectivity index (χ1n) is 11.7. The van der Waals surface area contributed by atoms with Crippen LogP contribution in [0.15, 0.2) is 54.7 Å². The van der Waals surface area contributed by atoms with Gasteiger partial charge in [-0.3, -0.25) is 4.90 Å². The highest BCUT2D eigenvalue weighted by Crippen LogP contribution is 2.34. The van der Waals surface area contributed by atoms with E-state index in [4.69, 9.17) is 18.0 Å². The average Bonchev–Trinajstić information content (AvgIpc) is 2.85. The number of hydrogen-bond donors (Lipinski definition) is 3. The molecule has 1 aliphatic heterocycles. The number of thiocarbonyl (C=S) groups is 1. The molecule has 0 atom stereocenters. The summed E-state index contributed by atoms with van der Waals surface area (Å²) in [5, 5.41) is 5.72. The lowest BCUT2D eigenvalue weighted by Gasteiger charge is -2.33. The Morgan fingerprint density at radius 3 is 2.41 bits per heavy atom. The molecule has 6 nitrogen and oxygen atoms in total. The number of rotatable bonds is 7. The number of pyridine rings is 1. The molecule has 0 bridgehead atoms. The van der Waals surface area contributed by atoms with Gasteiger partial charge in [-0.05, 0) is 54.6 Å². The average molecular weight is 533 g/mol. The lowest BCUT2D eigenvalue weighted by molar-refractivity contribution is -0.138. The molecule has 0 unspecified atom stereocenters. The van der Waals surface area contributed by atoms with Crippen molar-refractivity contribution in [2.24, 2.45) is 0 Å². The van der Waals surface area contributed by atoms with Gasteiger partial charge in [0.05, 0.1) is 22.8 Å². The molecule has 0 radical (unpaired) electrons. The largest absolute Gasteiger partial charge is 0.416 e. The summed E-state index contributed by atoms with van der Waals surface area (Å²) in [4.78, 5) is 8.41. The van der Waals surface area contributed by atoms with E-state index in [-0.39, 0.29) is 35.0 Å². The van der Waals surface area contributed by atoms with Crippen molar-refractivity contribution in [3.63, 3.8) is 0 Å². The van der Waals surface area contributed by atoms with Crippen LogP contribution in [-0.2, 0) is 12.7 Å². The maximum atomic E-state index is 14.6. The molecular formula is C26H28F4N6S. The number of hydrogen-bond acceptors (Lipinski definition) is 6. The molecule has 37 heavy (non-hydrogen) atoms.